The van der Waals surface area contributed by atoms with Crippen LogP contribution >= 0.6 is 11.8 Å². The van der Waals surface area contributed by atoms with Crippen molar-refractivity contribution in [3.05, 3.63) is 46.8 Å². The van der Waals surface area contributed by atoms with Crippen molar-refractivity contribution in [2.75, 3.05) is 25.9 Å². The van der Waals surface area contributed by atoms with Gasteiger partial charge >= 0.3 is 0 Å². The van der Waals surface area contributed by atoms with Crippen molar-refractivity contribution in [3.63, 3.8) is 0 Å². The minimum Gasteiger partial charge on any atom is -0.350 e. The number of rotatable bonds is 3. The summed E-state index contributed by atoms with van der Waals surface area (Å²) >= 11 is 1.61. The molecule has 1 unspecified atom stereocenters. The monoisotopic (exact) mass is 292 g/mol. The largest absolute Gasteiger partial charge is 0.350 e. The van der Waals surface area contributed by atoms with Gasteiger partial charge in [0.25, 0.3) is 0 Å². The highest BCUT2D eigenvalue weighted by Crippen LogP contribution is 2.37. The quantitative estimate of drug-likeness (QED) is 0.921. The predicted octanol–water partition coefficient (Wildman–Crippen LogP) is 1.80. The molecule has 1 N–H and O–H groups in total. The first-order chi connectivity index (χ1) is 9.65. The van der Waals surface area contributed by atoms with E-state index >= 15 is 0 Å². The molecule has 106 valence electrons. The second-order valence-corrected chi connectivity index (χ2v) is 6.04. The van der Waals surface area contributed by atoms with Gasteiger partial charge in [-0.3, -0.25) is 4.79 Å². The van der Waals surface area contributed by atoms with E-state index in [1.54, 1.807) is 30.0 Å². The summed E-state index contributed by atoms with van der Waals surface area (Å²) in [5.41, 5.74) is 0.457. The summed E-state index contributed by atoms with van der Waals surface area (Å²) in [6.07, 6.45) is 4.36. The first-order valence-corrected chi connectivity index (χ1v) is 7.91. The van der Waals surface area contributed by atoms with Crippen LogP contribution < -0.4 is 5.32 Å². The van der Waals surface area contributed by atoms with Crippen LogP contribution in [0, 0.1) is 5.82 Å². The van der Waals surface area contributed by atoms with Crippen LogP contribution in [0.1, 0.15) is 5.56 Å². The van der Waals surface area contributed by atoms with Gasteiger partial charge in [-0.15, -0.1) is 11.8 Å². The molecular formula is C15H17FN2OS. The van der Waals surface area contributed by atoms with Crippen molar-refractivity contribution < 1.29 is 9.18 Å². The van der Waals surface area contributed by atoms with E-state index in [4.69, 9.17) is 0 Å². The fourth-order valence-corrected chi connectivity index (χ4v) is 3.73. The Kier molecular flexibility index (Phi) is 3.56. The van der Waals surface area contributed by atoms with Gasteiger partial charge in [-0.1, -0.05) is 12.1 Å². The first kappa shape index (κ1) is 13.6. The van der Waals surface area contributed by atoms with Crippen LogP contribution in [0.5, 0.6) is 0 Å². The van der Waals surface area contributed by atoms with Crippen molar-refractivity contribution in [2.45, 2.75) is 12.0 Å². The Morgan fingerprint density at radius 3 is 2.85 bits per heavy atom. The van der Waals surface area contributed by atoms with Gasteiger partial charge in [0.05, 0.1) is 5.03 Å². The van der Waals surface area contributed by atoms with Crippen LogP contribution in [-0.2, 0) is 11.2 Å². The van der Waals surface area contributed by atoms with Crippen LogP contribution in [0.15, 0.2) is 35.4 Å². The number of fused-ring (bicyclic) bond motifs is 1. The van der Waals surface area contributed by atoms with Gasteiger partial charge in [0.2, 0.25) is 0 Å². The molecule has 0 bridgehead atoms. The standard InChI is InChI=1S/C15H17FN2OS/c1-20-14-8-13(19)15(10-17-6-7-18(14)15)9-11-2-4-12(16)5-3-11/h2-5,8,17H,6-7,9-10H2,1H3. The lowest BCUT2D eigenvalue weighted by Gasteiger charge is -2.44. The van der Waals surface area contributed by atoms with E-state index in [1.165, 1.54) is 12.1 Å². The molecule has 0 saturated carbocycles. The van der Waals surface area contributed by atoms with Crippen molar-refractivity contribution in [1.82, 2.24) is 10.2 Å². The molecule has 2 aliphatic heterocycles. The average molecular weight is 292 g/mol. The molecule has 5 heteroatoms. The third kappa shape index (κ3) is 2.15. The second-order valence-electron chi connectivity index (χ2n) is 5.21. The summed E-state index contributed by atoms with van der Waals surface area (Å²) in [5, 5.41) is 4.36. The first-order valence-electron chi connectivity index (χ1n) is 6.69. The predicted molar refractivity (Wildman–Crippen MR) is 79.0 cm³/mol. The molecule has 3 rings (SSSR count). The highest BCUT2D eigenvalue weighted by Gasteiger charge is 2.49. The molecule has 0 amide bonds. The Morgan fingerprint density at radius 2 is 2.15 bits per heavy atom. The molecule has 1 fully saturated rings. The molecule has 0 aliphatic carbocycles. The molecule has 2 heterocycles. The summed E-state index contributed by atoms with van der Waals surface area (Å²) in [6, 6.07) is 6.44. The highest BCUT2D eigenvalue weighted by molar-refractivity contribution is 8.02. The van der Waals surface area contributed by atoms with E-state index in [2.05, 4.69) is 10.2 Å². The van der Waals surface area contributed by atoms with Crippen molar-refractivity contribution >= 4 is 17.5 Å². The summed E-state index contributed by atoms with van der Waals surface area (Å²) in [5.74, 6) is -0.0936. The smallest absolute Gasteiger partial charge is 0.185 e. The number of benzene rings is 1. The van der Waals surface area contributed by atoms with Gasteiger partial charge in [-0.05, 0) is 24.0 Å². The highest BCUT2D eigenvalue weighted by atomic mass is 32.2. The van der Waals surface area contributed by atoms with Gasteiger partial charge in [0, 0.05) is 32.1 Å². The zero-order valence-corrected chi connectivity index (χ0v) is 12.2. The van der Waals surface area contributed by atoms with Gasteiger partial charge in [0.15, 0.2) is 5.78 Å². The summed E-state index contributed by atoms with van der Waals surface area (Å²) in [4.78, 5) is 14.7. The Bertz CT molecular complexity index is 557. The summed E-state index contributed by atoms with van der Waals surface area (Å²) in [7, 11) is 0. The number of thioether (sulfide) groups is 1. The molecule has 1 aromatic carbocycles. The Morgan fingerprint density at radius 1 is 1.40 bits per heavy atom. The molecule has 0 spiro atoms. The number of carbonyl (C=O) groups is 1. The van der Waals surface area contributed by atoms with E-state index in [0.29, 0.717) is 13.0 Å². The van der Waals surface area contributed by atoms with E-state index in [0.717, 1.165) is 23.7 Å². The zero-order valence-electron chi connectivity index (χ0n) is 11.4. The van der Waals surface area contributed by atoms with Gasteiger partial charge < -0.3 is 10.2 Å². The fraction of sp³-hybridized carbons (Fsp3) is 0.400. The Balaban J connectivity index is 1.92. The van der Waals surface area contributed by atoms with E-state index in [-0.39, 0.29) is 11.6 Å². The molecular weight excluding hydrogens is 275 g/mol. The maximum absolute atomic E-state index is 13.0. The van der Waals surface area contributed by atoms with Crippen LogP contribution in [0.25, 0.3) is 0 Å². The van der Waals surface area contributed by atoms with Crippen LogP contribution in [0.3, 0.4) is 0 Å². The van der Waals surface area contributed by atoms with Gasteiger partial charge in [0.1, 0.15) is 11.4 Å². The maximum atomic E-state index is 13.0. The minimum absolute atomic E-state index is 0.151. The van der Waals surface area contributed by atoms with Crippen LogP contribution in [0.2, 0.25) is 0 Å². The number of nitrogens with zero attached hydrogens (tertiary/aromatic N) is 1. The number of halogens is 1. The van der Waals surface area contributed by atoms with Crippen molar-refractivity contribution in [3.8, 4) is 0 Å². The van der Waals surface area contributed by atoms with Crippen molar-refractivity contribution in [2.24, 2.45) is 0 Å². The molecule has 1 saturated heterocycles. The normalized spacial score (nSPS) is 25.6. The van der Waals surface area contributed by atoms with Crippen molar-refractivity contribution in [1.29, 1.82) is 0 Å². The SMILES string of the molecule is CSC1=CC(=O)C2(Cc3ccc(F)cc3)CNCCN12. The number of carbonyl (C=O) groups excluding carboxylic acids is 1. The maximum Gasteiger partial charge on any atom is 0.185 e. The number of ketones is 1. The van der Waals surface area contributed by atoms with Crippen LogP contribution in [0.4, 0.5) is 4.39 Å². The number of piperazine rings is 1. The third-order valence-corrected chi connectivity index (χ3v) is 4.80. The lowest BCUT2D eigenvalue weighted by molar-refractivity contribution is -0.123. The number of hydrogen-bond donors (Lipinski definition) is 1. The molecule has 3 nitrogen and oxygen atoms in total. The molecule has 20 heavy (non-hydrogen) atoms. The lowest BCUT2D eigenvalue weighted by Crippen LogP contribution is -2.62. The average Bonchev–Trinajstić information content (AvgIpc) is 2.75. The lowest BCUT2D eigenvalue weighted by atomic mass is 9.85. The summed E-state index contributed by atoms with van der Waals surface area (Å²) < 4.78 is 13.0. The second kappa shape index (κ2) is 5.22. The van der Waals surface area contributed by atoms with Gasteiger partial charge in [-0.2, -0.15) is 0 Å². The number of hydrogen-bond acceptors (Lipinski definition) is 4. The molecule has 0 aromatic heterocycles. The third-order valence-electron chi connectivity index (χ3n) is 4.04. The Labute approximate surface area is 122 Å². The molecule has 0 radical (unpaired) electrons. The molecule has 1 atom stereocenters. The Hall–Kier alpha value is -1.33. The van der Waals surface area contributed by atoms with E-state index in [1.807, 2.05) is 6.26 Å². The summed E-state index contributed by atoms with van der Waals surface area (Å²) in [6.45, 7) is 2.36. The number of nitrogens with one attached hydrogen (secondary N) is 1. The van der Waals surface area contributed by atoms with Crippen LogP contribution in [-0.4, -0.2) is 42.1 Å². The topological polar surface area (TPSA) is 32.3 Å². The van der Waals surface area contributed by atoms with E-state index < -0.39 is 5.54 Å². The van der Waals surface area contributed by atoms with E-state index in [9.17, 15) is 9.18 Å². The molecule has 2 aliphatic rings. The zero-order chi connectivity index (χ0) is 14.2. The fourth-order valence-electron chi connectivity index (χ4n) is 3.02. The molecule has 1 aromatic rings. The minimum atomic E-state index is -0.533. The van der Waals surface area contributed by atoms with Gasteiger partial charge in [-0.25, -0.2) is 4.39 Å².